The van der Waals surface area contributed by atoms with Crippen LogP contribution in [0.3, 0.4) is 0 Å². The number of carbonyl (C=O) groups excluding carboxylic acids is 1. The Bertz CT molecular complexity index is 753. The summed E-state index contributed by atoms with van der Waals surface area (Å²) in [5, 5.41) is 0.693. The zero-order valence-corrected chi connectivity index (χ0v) is 15.5. The smallest absolute Gasteiger partial charge is 0.289 e. The number of nitrogens with zero attached hydrogens (tertiary/aromatic N) is 2. The number of furan rings is 1. The maximum absolute atomic E-state index is 12.8. The van der Waals surface area contributed by atoms with E-state index in [4.69, 9.17) is 20.8 Å². The van der Waals surface area contributed by atoms with Crippen molar-refractivity contribution in [1.82, 2.24) is 9.80 Å². The van der Waals surface area contributed by atoms with Crippen molar-refractivity contribution in [3.8, 4) is 0 Å². The van der Waals surface area contributed by atoms with E-state index in [-0.39, 0.29) is 12.0 Å². The molecular formula is C20H23ClN2O3. The average molecular weight is 375 g/mol. The summed E-state index contributed by atoms with van der Waals surface area (Å²) in [6.45, 7) is 4.60. The van der Waals surface area contributed by atoms with Crippen molar-refractivity contribution in [2.75, 3.05) is 32.8 Å². The molecule has 4 rings (SSSR count). The monoisotopic (exact) mass is 374 g/mol. The Morgan fingerprint density at radius 1 is 1.08 bits per heavy atom. The van der Waals surface area contributed by atoms with Crippen LogP contribution in [0.5, 0.6) is 0 Å². The molecule has 1 amide bonds. The SMILES string of the molecule is O=C(c1ccc(CN2CCCC2)o1)N1CCO[C@H](c2ccc(Cl)cc2)C1. The first kappa shape index (κ1) is 17.6. The molecule has 2 aliphatic heterocycles. The van der Waals surface area contributed by atoms with Crippen LogP contribution in [0.2, 0.25) is 5.02 Å². The molecule has 0 spiro atoms. The Hall–Kier alpha value is -1.82. The van der Waals surface area contributed by atoms with E-state index in [0.717, 1.165) is 31.0 Å². The summed E-state index contributed by atoms with van der Waals surface area (Å²) in [5.41, 5.74) is 1.03. The first-order valence-corrected chi connectivity index (χ1v) is 9.54. The van der Waals surface area contributed by atoms with Crippen LogP contribution in [0.4, 0.5) is 0 Å². The molecule has 0 saturated carbocycles. The Balaban J connectivity index is 1.40. The van der Waals surface area contributed by atoms with Crippen molar-refractivity contribution in [3.63, 3.8) is 0 Å². The van der Waals surface area contributed by atoms with Gasteiger partial charge in [0.05, 0.1) is 19.7 Å². The van der Waals surface area contributed by atoms with E-state index in [2.05, 4.69) is 4.90 Å². The summed E-state index contributed by atoms with van der Waals surface area (Å²) in [5.74, 6) is 1.20. The van der Waals surface area contributed by atoms with Crippen LogP contribution >= 0.6 is 11.6 Å². The minimum absolute atomic E-state index is 0.0695. The number of hydrogen-bond donors (Lipinski definition) is 0. The van der Waals surface area contributed by atoms with Gasteiger partial charge in [0.2, 0.25) is 0 Å². The second-order valence-electron chi connectivity index (χ2n) is 6.91. The molecular weight excluding hydrogens is 352 g/mol. The molecule has 0 N–H and O–H groups in total. The van der Waals surface area contributed by atoms with Crippen molar-refractivity contribution >= 4 is 17.5 Å². The number of benzene rings is 1. The molecule has 2 saturated heterocycles. The number of hydrogen-bond acceptors (Lipinski definition) is 4. The van der Waals surface area contributed by atoms with Crippen LogP contribution in [0.15, 0.2) is 40.8 Å². The highest BCUT2D eigenvalue weighted by atomic mass is 35.5. The van der Waals surface area contributed by atoms with Crippen LogP contribution in [-0.4, -0.2) is 48.5 Å². The summed E-state index contributed by atoms with van der Waals surface area (Å²) in [6.07, 6.45) is 2.35. The molecule has 0 unspecified atom stereocenters. The molecule has 0 bridgehead atoms. The molecule has 1 aromatic heterocycles. The van der Waals surface area contributed by atoms with Crippen molar-refractivity contribution in [3.05, 3.63) is 58.5 Å². The van der Waals surface area contributed by atoms with E-state index < -0.39 is 0 Å². The number of carbonyl (C=O) groups is 1. The van der Waals surface area contributed by atoms with Gasteiger partial charge in [-0.15, -0.1) is 0 Å². The summed E-state index contributed by atoms with van der Waals surface area (Å²) in [6, 6.07) is 11.3. The molecule has 6 heteroatoms. The van der Waals surface area contributed by atoms with E-state index in [1.54, 1.807) is 11.0 Å². The van der Waals surface area contributed by atoms with Crippen LogP contribution in [0.1, 0.15) is 40.8 Å². The van der Waals surface area contributed by atoms with Gasteiger partial charge in [0.1, 0.15) is 11.9 Å². The zero-order valence-electron chi connectivity index (χ0n) is 14.7. The quantitative estimate of drug-likeness (QED) is 0.817. The number of rotatable bonds is 4. The molecule has 1 atom stereocenters. The second kappa shape index (κ2) is 7.82. The number of halogens is 1. The van der Waals surface area contributed by atoms with Gasteiger partial charge in [-0.3, -0.25) is 9.69 Å². The summed E-state index contributed by atoms with van der Waals surface area (Å²) in [4.78, 5) is 17.0. The van der Waals surface area contributed by atoms with E-state index >= 15 is 0 Å². The molecule has 2 fully saturated rings. The number of morpholine rings is 1. The fourth-order valence-corrected chi connectivity index (χ4v) is 3.73. The highest BCUT2D eigenvalue weighted by molar-refractivity contribution is 6.30. The number of ether oxygens (including phenoxy) is 1. The van der Waals surface area contributed by atoms with Gasteiger partial charge in [-0.05, 0) is 55.8 Å². The minimum atomic E-state index is -0.135. The van der Waals surface area contributed by atoms with Crippen molar-refractivity contribution < 1.29 is 13.9 Å². The Morgan fingerprint density at radius 2 is 1.85 bits per heavy atom. The first-order chi connectivity index (χ1) is 12.7. The molecule has 5 nitrogen and oxygen atoms in total. The lowest BCUT2D eigenvalue weighted by atomic mass is 10.1. The predicted octanol–water partition coefficient (Wildman–Crippen LogP) is 3.74. The summed E-state index contributed by atoms with van der Waals surface area (Å²) in [7, 11) is 0. The second-order valence-corrected chi connectivity index (χ2v) is 7.35. The van der Waals surface area contributed by atoms with E-state index in [0.29, 0.717) is 30.5 Å². The van der Waals surface area contributed by atoms with Gasteiger partial charge in [-0.2, -0.15) is 0 Å². The topological polar surface area (TPSA) is 45.9 Å². The Kier molecular flexibility index (Phi) is 5.29. The molecule has 26 heavy (non-hydrogen) atoms. The summed E-state index contributed by atoms with van der Waals surface area (Å²) < 4.78 is 11.7. The highest BCUT2D eigenvalue weighted by Gasteiger charge is 2.28. The lowest BCUT2D eigenvalue weighted by molar-refractivity contribution is -0.0238. The molecule has 2 aliphatic rings. The van der Waals surface area contributed by atoms with Gasteiger partial charge in [0.25, 0.3) is 5.91 Å². The van der Waals surface area contributed by atoms with Crippen molar-refractivity contribution in [1.29, 1.82) is 0 Å². The van der Waals surface area contributed by atoms with Gasteiger partial charge in [0, 0.05) is 11.6 Å². The van der Waals surface area contributed by atoms with Gasteiger partial charge in [0.15, 0.2) is 5.76 Å². The normalized spacial score (nSPS) is 21.3. The largest absolute Gasteiger partial charge is 0.455 e. The van der Waals surface area contributed by atoms with Crippen LogP contribution in [-0.2, 0) is 11.3 Å². The van der Waals surface area contributed by atoms with Gasteiger partial charge in [-0.25, -0.2) is 0 Å². The number of amides is 1. The molecule has 0 radical (unpaired) electrons. The molecule has 138 valence electrons. The third-order valence-corrected chi connectivity index (χ3v) is 5.30. The average Bonchev–Trinajstić information content (AvgIpc) is 3.34. The fourth-order valence-electron chi connectivity index (χ4n) is 3.61. The van der Waals surface area contributed by atoms with Crippen LogP contribution < -0.4 is 0 Å². The fraction of sp³-hybridized carbons (Fsp3) is 0.450. The number of likely N-dealkylation sites (tertiary alicyclic amines) is 1. The lowest BCUT2D eigenvalue weighted by Crippen LogP contribution is -2.42. The lowest BCUT2D eigenvalue weighted by Gasteiger charge is -2.32. The van der Waals surface area contributed by atoms with Crippen LogP contribution in [0, 0.1) is 0 Å². The maximum Gasteiger partial charge on any atom is 0.289 e. The molecule has 0 aliphatic carbocycles. The van der Waals surface area contributed by atoms with Gasteiger partial charge in [-0.1, -0.05) is 23.7 Å². The summed E-state index contributed by atoms with van der Waals surface area (Å²) >= 11 is 5.95. The maximum atomic E-state index is 12.8. The van der Waals surface area contributed by atoms with Gasteiger partial charge >= 0.3 is 0 Å². The van der Waals surface area contributed by atoms with Crippen molar-refractivity contribution in [2.45, 2.75) is 25.5 Å². The predicted molar refractivity (Wildman–Crippen MR) is 99.3 cm³/mol. The third-order valence-electron chi connectivity index (χ3n) is 5.05. The Morgan fingerprint density at radius 3 is 2.62 bits per heavy atom. The van der Waals surface area contributed by atoms with Crippen LogP contribution in [0.25, 0.3) is 0 Å². The van der Waals surface area contributed by atoms with E-state index in [1.807, 2.05) is 30.3 Å². The molecule has 2 aromatic rings. The molecule has 3 heterocycles. The zero-order chi connectivity index (χ0) is 17.9. The third kappa shape index (κ3) is 3.95. The van der Waals surface area contributed by atoms with E-state index in [1.165, 1.54) is 12.8 Å². The van der Waals surface area contributed by atoms with Gasteiger partial charge < -0.3 is 14.1 Å². The minimum Gasteiger partial charge on any atom is -0.455 e. The van der Waals surface area contributed by atoms with Crippen molar-refractivity contribution in [2.24, 2.45) is 0 Å². The highest BCUT2D eigenvalue weighted by Crippen LogP contribution is 2.25. The molecule has 1 aromatic carbocycles. The van der Waals surface area contributed by atoms with E-state index in [9.17, 15) is 4.79 Å². The Labute approximate surface area is 158 Å². The standard InChI is InChI=1S/C20H23ClN2O3/c21-16-5-3-15(4-6-16)19-14-23(11-12-25-19)20(24)18-8-7-17(26-18)13-22-9-1-2-10-22/h3-8,19H,1-2,9-14H2/t19-/m0/s1. The first-order valence-electron chi connectivity index (χ1n) is 9.16.